The van der Waals surface area contributed by atoms with Gasteiger partial charge >= 0.3 is 0 Å². The van der Waals surface area contributed by atoms with Crippen molar-refractivity contribution in [1.29, 1.82) is 0 Å². The Labute approximate surface area is 74.6 Å². The lowest BCUT2D eigenvalue weighted by molar-refractivity contribution is 0.0312. The second-order valence-electron chi connectivity index (χ2n) is 4.16. The molecule has 1 N–H and O–H groups in total. The summed E-state index contributed by atoms with van der Waals surface area (Å²) in [5, 5.41) is 9.79. The molecule has 2 heteroatoms. The van der Waals surface area contributed by atoms with E-state index in [1.54, 1.807) is 0 Å². The minimum atomic E-state index is -0.0307. The zero-order valence-electron chi connectivity index (χ0n) is 7.71. The molecule has 0 radical (unpaired) electrons. The van der Waals surface area contributed by atoms with Gasteiger partial charge in [0.05, 0.1) is 6.10 Å². The van der Waals surface area contributed by atoms with Crippen molar-refractivity contribution in [1.82, 2.24) is 4.90 Å². The van der Waals surface area contributed by atoms with Crippen molar-refractivity contribution in [2.45, 2.75) is 50.7 Å². The van der Waals surface area contributed by atoms with E-state index in [1.165, 1.54) is 45.2 Å². The van der Waals surface area contributed by atoms with Crippen LogP contribution < -0.4 is 0 Å². The van der Waals surface area contributed by atoms with Gasteiger partial charge in [0.2, 0.25) is 0 Å². The standard InChI is InChI=1S/C10H19NO/c12-10-6-2-1-5-9(10)11-7-3-4-8-11/h9-10,12H,1-8H2/t9-,10+/m1/s1. The topological polar surface area (TPSA) is 23.5 Å². The van der Waals surface area contributed by atoms with Gasteiger partial charge in [-0.05, 0) is 38.8 Å². The van der Waals surface area contributed by atoms with Crippen LogP contribution in [-0.2, 0) is 0 Å². The van der Waals surface area contributed by atoms with Gasteiger partial charge in [-0.2, -0.15) is 0 Å². The van der Waals surface area contributed by atoms with Crippen molar-refractivity contribution < 1.29 is 5.11 Å². The summed E-state index contributed by atoms with van der Waals surface area (Å²) < 4.78 is 0. The second kappa shape index (κ2) is 3.75. The molecule has 70 valence electrons. The molecule has 1 aliphatic carbocycles. The van der Waals surface area contributed by atoms with Gasteiger partial charge in [-0.25, -0.2) is 0 Å². The van der Waals surface area contributed by atoms with Crippen LogP contribution in [0.25, 0.3) is 0 Å². The molecule has 12 heavy (non-hydrogen) atoms. The van der Waals surface area contributed by atoms with E-state index in [0.717, 1.165) is 6.42 Å². The second-order valence-corrected chi connectivity index (χ2v) is 4.16. The van der Waals surface area contributed by atoms with Crippen LogP contribution in [0, 0.1) is 0 Å². The summed E-state index contributed by atoms with van der Waals surface area (Å²) in [5.74, 6) is 0. The Balaban J connectivity index is 1.91. The first kappa shape index (κ1) is 8.52. The fourth-order valence-electron chi connectivity index (χ4n) is 2.59. The van der Waals surface area contributed by atoms with Crippen molar-refractivity contribution in [2.75, 3.05) is 13.1 Å². The lowest BCUT2D eigenvalue weighted by Crippen LogP contribution is -2.43. The fraction of sp³-hybridized carbons (Fsp3) is 1.00. The first-order valence-corrected chi connectivity index (χ1v) is 5.30. The molecule has 1 saturated heterocycles. The van der Waals surface area contributed by atoms with Crippen LogP contribution in [0.3, 0.4) is 0 Å². The number of hydrogen-bond donors (Lipinski definition) is 1. The average Bonchev–Trinajstić information content (AvgIpc) is 2.57. The maximum atomic E-state index is 9.79. The van der Waals surface area contributed by atoms with Gasteiger partial charge in [-0.3, -0.25) is 4.90 Å². The van der Waals surface area contributed by atoms with Gasteiger partial charge in [0.1, 0.15) is 0 Å². The number of aliphatic hydroxyl groups excluding tert-OH is 1. The van der Waals surface area contributed by atoms with E-state index in [0.29, 0.717) is 6.04 Å². The molecule has 2 rings (SSSR count). The lowest BCUT2D eigenvalue weighted by atomic mass is 9.91. The SMILES string of the molecule is O[C@H]1CCCC[C@H]1N1CCCC1. The van der Waals surface area contributed by atoms with E-state index in [4.69, 9.17) is 0 Å². The minimum Gasteiger partial charge on any atom is -0.391 e. The summed E-state index contributed by atoms with van der Waals surface area (Å²) in [6.45, 7) is 2.45. The molecule has 1 saturated carbocycles. The van der Waals surface area contributed by atoms with Crippen molar-refractivity contribution in [2.24, 2.45) is 0 Å². The number of rotatable bonds is 1. The third-order valence-corrected chi connectivity index (χ3v) is 3.30. The number of nitrogens with zero attached hydrogens (tertiary/aromatic N) is 1. The Morgan fingerprint density at radius 3 is 2.25 bits per heavy atom. The Morgan fingerprint density at radius 2 is 1.58 bits per heavy atom. The van der Waals surface area contributed by atoms with Crippen LogP contribution in [0.4, 0.5) is 0 Å². The summed E-state index contributed by atoms with van der Waals surface area (Å²) in [7, 11) is 0. The quantitative estimate of drug-likeness (QED) is 0.641. The summed E-state index contributed by atoms with van der Waals surface area (Å²) in [5.41, 5.74) is 0. The molecule has 0 bridgehead atoms. The van der Waals surface area contributed by atoms with Gasteiger partial charge in [0.15, 0.2) is 0 Å². The fourth-order valence-corrected chi connectivity index (χ4v) is 2.59. The molecule has 0 unspecified atom stereocenters. The van der Waals surface area contributed by atoms with Gasteiger partial charge in [0, 0.05) is 6.04 Å². The summed E-state index contributed by atoms with van der Waals surface area (Å²) >= 11 is 0. The third kappa shape index (κ3) is 1.64. The highest BCUT2D eigenvalue weighted by Gasteiger charge is 2.29. The summed E-state index contributed by atoms with van der Waals surface area (Å²) in [6.07, 6.45) is 7.44. The number of likely N-dealkylation sites (tertiary alicyclic amines) is 1. The molecule has 0 aromatic heterocycles. The van der Waals surface area contributed by atoms with E-state index in [-0.39, 0.29) is 6.10 Å². The Kier molecular flexibility index (Phi) is 2.66. The minimum absolute atomic E-state index is 0.0307. The van der Waals surface area contributed by atoms with Crippen molar-refractivity contribution in [3.05, 3.63) is 0 Å². The molecule has 1 aliphatic heterocycles. The molecule has 0 aromatic carbocycles. The van der Waals surface area contributed by atoms with Gasteiger partial charge < -0.3 is 5.11 Å². The number of aliphatic hydroxyl groups is 1. The highest BCUT2D eigenvalue weighted by Crippen LogP contribution is 2.25. The lowest BCUT2D eigenvalue weighted by Gasteiger charge is -2.34. The van der Waals surface area contributed by atoms with Crippen LogP contribution >= 0.6 is 0 Å². The van der Waals surface area contributed by atoms with Crippen molar-refractivity contribution in [3.63, 3.8) is 0 Å². The van der Waals surface area contributed by atoms with Crippen LogP contribution in [0.5, 0.6) is 0 Å². The third-order valence-electron chi connectivity index (χ3n) is 3.30. The molecule has 0 amide bonds. The maximum absolute atomic E-state index is 9.79. The van der Waals surface area contributed by atoms with Crippen LogP contribution in [0.2, 0.25) is 0 Å². The maximum Gasteiger partial charge on any atom is 0.0695 e. The zero-order chi connectivity index (χ0) is 8.39. The first-order valence-electron chi connectivity index (χ1n) is 5.30. The van der Waals surface area contributed by atoms with Gasteiger partial charge in [-0.15, -0.1) is 0 Å². The molecule has 0 spiro atoms. The summed E-state index contributed by atoms with van der Waals surface area (Å²) in [6, 6.07) is 0.501. The molecule has 2 nitrogen and oxygen atoms in total. The highest BCUT2D eigenvalue weighted by atomic mass is 16.3. The van der Waals surface area contributed by atoms with E-state index in [9.17, 15) is 5.11 Å². The average molecular weight is 169 g/mol. The van der Waals surface area contributed by atoms with Crippen molar-refractivity contribution in [3.8, 4) is 0 Å². The molecule has 2 aliphatic rings. The van der Waals surface area contributed by atoms with Gasteiger partial charge in [0.25, 0.3) is 0 Å². The smallest absolute Gasteiger partial charge is 0.0695 e. The predicted octanol–water partition coefficient (Wildman–Crippen LogP) is 1.39. The van der Waals surface area contributed by atoms with Gasteiger partial charge in [-0.1, -0.05) is 12.8 Å². The van der Waals surface area contributed by atoms with Crippen LogP contribution in [0.1, 0.15) is 38.5 Å². The number of hydrogen-bond acceptors (Lipinski definition) is 2. The Morgan fingerprint density at radius 1 is 0.917 bits per heavy atom. The molecule has 2 fully saturated rings. The largest absolute Gasteiger partial charge is 0.391 e. The molecule has 1 heterocycles. The summed E-state index contributed by atoms with van der Waals surface area (Å²) in [4.78, 5) is 2.49. The zero-order valence-corrected chi connectivity index (χ0v) is 7.71. The van der Waals surface area contributed by atoms with Crippen LogP contribution in [0.15, 0.2) is 0 Å². The van der Waals surface area contributed by atoms with E-state index in [1.807, 2.05) is 0 Å². The normalized spacial score (nSPS) is 38.8. The Bertz CT molecular complexity index is 143. The molecule has 0 aromatic rings. The molecular weight excluding hydrogens is 150 g/mol. The highest BCUT2D eigenvalue weighted by molar-refractivity contribution is 4.85. The van der Waals surface area contributed by atoms with Crippen LogP contribution in [-0.4, -0.2) is 35.2 Å². The van der Waals surface area contributed by atoms with E-state index in [2.05, 4.69) is 4.90 Å². The Hall–Kier alpha value is -0.0800. The van der Waals surface area contributed by atoms with Crippen molar-refractivity contribution >= 4 is 0 Å². The first-order chi connectivity index (χ1) is 5.88. The molecule has 2 atom stereocenters. The van der Waals surface area contributed by atoms with E-state index >= 15 is 0 Å². The predicted molar refractivity (Wildman–Crippen MR) is 49.1 cm³/mol. The molecular formula is C10H19NO. The monoisotopic (exact) mass is 169 g/mol. The van der Waals surface area contributed by atoms with E-state index < -0.39 is 0 Å².